The molecule has 1 amide bonds. The quantitative estimate of drug-likeness (QED) is 0.929. The van der Waals surface area contributed by atoms with Gasteiger partial charge in [0.05, 0.1) is 9.75 Å². The Bertz CT molecular complexity index is 516. The Kier molecular flexibility index (Phi) is 4.70. The minimum atomic E-state index is -0.819. The molecule has 1 aromatic rings. The number of aliphatic carboxylic acids is 1. The average Bonchev–Trinajstić information content (AvgIpc) is 2.81. The highest BCUT2D eigenvalue weighted by molar-refractivity contribution is 7.16. The summed E-state index contributed by atoms with van der Waals surface area (Å²) in [5, 5.41) is 9.26. The van der Waals surface area contributed by atoms with Crippen molar-refractivity contribution in [1.29, 1.82) is 0 Å². The first-order valence-corrected chi connectivity index (χ1v) is 7.85. The molecule has 1 N–H and O–H groups in total. The van der Waals surface area contributed by atoms with Crippen molar-refractivity contribution < 1.29 is 14.7 Å². The number of piperidine rings is 1. The summed E-state index contributed by atoms with van der Waals surface area (Å²) < 4.78 is 0.726. The van der Waals surface area contributed by atoms with Crippen LogP contribution in [-0.4, -0.2) is 35.0 Å². The highest BCUT2D eigenvalue weighted by Gasteiger charge is 2.39. The third-order valence-electron chi connectivity index (χ3n) is 3.78. The maximum absolute atomic E-state index is 12.2. The zero-order valence-electron chi connectivity index (χ0n) is 11.4. The molecule has 1 saturated heterocycles. The highest BCUT2D eigenvalue weighted by atomic mass is 35.5. The molecule has 1 fully saturated rings. The summed E-state index contributed by atoms with van der Waals surface area (Å²) >= 11 is 7.34. The molecule has 110 valence electrons. The SMILES string of the molecule is CC1(C(=O)O)CCCN(C(=O)CCc2ccc(Cl)s2)C1. The minimum Gasteiger partial charge on any atom is -0.481 e. The third kappa shape index (κ3) is 3.52. The average molecular weight is 316 g/mol. The van der Waals surface area contributed by atoms with Crippen LogP contribution >= 0.6 is 22.9 Å². The van der Waals surface area contributed by atoms with Gasteiger partial charge >= 0.3 is 5.97 Å². The van der Waals surface area contributed by atoms with Crippen molar-refractivity contribution in [3.05, 3.63) is 21.3 Å². The van der Waals surface area contributed by atoms with Crippen molar-refractivity contribution >= 4 is 34.8 Å². The molecule has 0 saturated carbocycles. The van der Waals surface area contributed by atoms with Crippen LogP contribution in [0.15, 0.2) is 12.1 Å². The summed E-state index contributed by atoms with van der Waals surface area (Å²) in [6.07, 6.45) is 2.45. The van der Waals surface area contributed by atoms with Crippen molar-refractivity contribution in [2.45, 2.75) is 32.6 Å². The molecule has 0 aliphatic carbocycles. The van der Waals surface area contributed by atoms with E-state index in [1.807, 2.05) is 12.1 Å². The number of carbonyl (C=O) groups is 2. The molecule has 4 nitrogen and oxygen atoms in total. The van der Waals surface area contributed by atoms with E-state index in [-0.39, 0.29) is 5.91 Å². The molecular weight excluding hydrogens is 298 g/mol. The van der Waals surface area contributed by atoms with Gasteiger partial charge < -0.3 is 10.0 Å². The Labute approximate surface area is 127 Å². The molecule has 1 aliphatic heterocycles. The largest absolute Gasteiger partial charge is 0.481 e. The van der Waals surface area contributed by atoms with Gasteiger partial charge in [0.2, 0.25) is 5.91 Å². The summed E-state index contributed by atoms with van der Waals surface area (Å²) in [5.74, 6) is -0.790. The summed E-state index contributed by atoms with van der Waals surface area (Å²) in [4.78, 5) is 26.2. The standard InChI is InChI=1S/C14H18ClNO3S/c1-14(13(18)19)7-2-8-16(9-14)12(17)6-4-10-3-5-11(15)20-10/h3,5H,2,4,6-9H2,1H3,(H,18,19). The first kappa shape index (κ1) is 15.3. The van der Waals surface area contributed by atoms with Crippen molar-refractivity contribution in [3.63, 3.8) is 0 Å². The number of nitrogens with zero attached hydrogens (tertiary/aromatic N) is 1. The zero-order chi connectivity index (χ0) is 14.8. The minimum absolute atomic E-state index is 0.0293. The normalized spacial score (nSPS) is 22.8. The predicted molar refractivity (Wildman–Crippen MR) is 79.2 cm³/mol. The molecule has 0 aromatic carbocycles. The second-order valence-corrected chi connectivity index (χ2v) is 7.29. The van der Waals surface area contributed by atoms with Crippen molar-refractivity contribution in [3.8, 4) is 0 Å². The second-order valence-electron chi connectivity index (χ2n) is 5.49. The Morgan fingerprint density at radius 1 is 1.50 bits per heavy atom. The van der Waals surface area contributed by atoms with E-state index in [1.54, 1.807) is 11.8 Å². The Balaban J connectivity index is 1.90. The van der Waals surface area contributed by atoms with Gasteiger partial charge in [0.1, 0.15) is 0 Å². The smallest absolute Gasteiger partial charge is 0.311 e. The molecule has 1 aliphatic rings. The van der Waals surface area contributed by atoms with Gasteiger partial charge in [-0.25, -0.2) is 0 Å². The van der Waals surface area contributed by atoms with Gasteiger partial charge in [-0.15, -0.1) is 11.3 Å². The van der Waals surface area contributed by atoms with Crippen LogP contribution in [0.5, 0.6) is 0 Å². The Morgan fingerprint density at radius 3 is 2.85 bits per heavy atom. The predicted octanol–water partition coefficient (Wildman–Crippen LogP) is 3.05. The Morgan fingerprint density at radius 2 is 2.25 bits per heavy atom. The number of hydrogen-bond donors (Lipinski definition) is 1. The van der Waals surface area contributed by atoms with E-state index >= 15 is 0 Å². The fourth-order valence-electron chi connectivity index (χ4n) is 2.50. The third-order valence-corrected chi connectivity index (χ3v) is 5.07. The number of amides is 1. The molecule has 1 unspecified atom stereocenters. The molecule has 0 bridgehead atoms. The zero-order valence-corrected chi connectivity index (χ0v) is 13.0. The first-order valence-electron chi connectivity index (χ1n) is 6.66. The van der Waals surface area contributed by atoms with Crippen LogP contribution in [0.1, 0.15) is 31.1 Å². The molecule has 2 heterocycles. The number of hydrogen-bond acceptors (Lipinski definition) is 3. The lowest BCUT2D eigenvalue weighted by atomic mass is 9.82. The number of halogens is 1. The molecule has 1 aromatic heterocycles. The van der Waals surface area contributed by atoms with Gasteiger partial charge in [-0.05, 0) is 38.3 Å². The van der Waals surface area contributed by atoms with Crippen LogP contribution < -0.4 is 0 Å². The number of carboxylic acids is 1. The van der Waals surface area contributed by atoms with Gasteiger partial charge in [0.25, 0.3) is 0 Å². The summed E-state index contributed by atoms with van der Waals surface area (Å²) in [5.41, 5.74) is -0.805. The first-order chi connectivity index (χ1) is 9.40. The topological polar surface area (TPSA) is 57.6 Å². The second kappa shape index (κ2) is 6.14. The molecule has 1 atom stereocenters. The summed E-state index contributed by atoms with van der Waals surface area (Å²) in [6, 6.07) is 3.76. The molecule has 0 spiro atoms. The lowest BCUT2D eigenvalue weighted by Crippen LogP contribution is -2.48. The van der Waals surface area contributed by atoms with E-state index in [0.717, 1.165) is 15.6 Å². The van der Waals surface area contributed by atoms with E-state index in [2.05, 4.69) is 0 Å². The van der Waals surface area contributed by atoms with Crippen LogP contribution in [-0.2, 0) is 16.0 Å². The van der Waals surface area contributed by atoms with Crippen LogP contribution in [0.25, 0.3) is 0 Å². The Hall–Kier alpha value is -1.07. The van der Waals surface area contributed by atoms with Crippen LogP contribution in [0.3, 0.4) is 0 Å². The van der Waals surface area contributed by atoms with Crippen LogP contribution in [0.4, 0.5) is 0 Å². The van der Waals surface area contributed by atoms with Gasteiger partial charge in [-0.1, -0.05) is 11.6 Å². The molecule has 2 rings (SSSR count). The number of rotatable bonds is 4. The summed E-state index contributed by atoms with van der Waals surface area (Å²) in [7, 11) is 0. The summed E-state index contributed by atoms with van der Waals surface area (Å²) in [6.45, 7) is 2.69. The van der Waals surface area contributed by atoms with E-state index < -0.39 is 11.4 Å². The lowest BCUT2D eigenvalue weighted by Gasteiger charge is -2.37. The van der Waals surface area contributed by atoms with Gasteiger partial charge in [-0.3, -0.25) is 9.59 Å². The number of aryl methyl sites for hydroxylation is 1. The lowest BCUT2D eigenvalue weighted by molar-refractivity contribution is -0.153. The van der Waals surface area contributed by atoms with Crippen LogP contribution in [0, 0.1) is 5.41 Å². The van der Waals surface area contributed by atoms with Gasteiger partial charge in [0.15, 0.2) is 0 Å². The number of thiophene rings is 1. The molecule has 6 heteroatoms. The molecular formula is C14H18ClNO3S. The monoisotopic (exact) mass is 315 g/mol. The van der Waals surface area contributed by atoms with E-state index in [1.165, 1.54) is 11.3 Å². The van der Waals surface area contributed by atoms with Gasteiger partial charge in [-0.2, -0.15) is 0 Å². The fourth-order valence-corrected chi connectivity index (χ4v) is 3.59. The highest BCUT2D eigenvalue weighted by Crippen LogP contribution is 2.30. The van der Waals surface area contributed by atoms with Crippen molar-refractivity contribution in [2.24, 2.45) is 5.41 Å². The number of carboxylic acid groups (broad SMARTS) is 1. The van der Waals surface area contributed by atoms with Gasteiger partial charge in [0, 0.05) is 24.4 Å². The fraction of sp³-hybridized carbons (Fsp3) is 0.571. The van der Waals surface area contributed by atoms with Crippen molar-refractivity contribution in [1.82, 2.24) is 4.90 Å². The number of carbonyl (C=O) groups excluding carboxylic acids is 1. The maximum Gasteiger partial charge on any atom is 0.311 e. The molecule has 0 radical (unpaired) electrons. The van der Waals surface area contributed by atoms with Crippen LogP contribution in [0.2, 0.25) is 4.34 Å². The maximum atomic E-state index is 12.2. The number of likely N-dealkylation sites (tertiary alicyclic amines) is 1. The van der Waals surface area contributed by atoms with E-state index in [0.29, 0.717) is 32.4 Å². The van der Waals surface area contributed by atoms with E-state index in [9.17, 15) is 14.7 Å². The van der Waals surface area contributed by atoms with Crippen molar-refractivity contribution in [2.75, 3.05) is 13.1 Å². The van der Waals surface area contributed by atoms with E-state index in [4.69, 9.17) is 11.6 Å². The molecule has 20 heavy (non-hydrogen) atoms.